The van der Waals surface area contributed by atoms with Crippen molar-refractivity contribution in [2.45, 2.75) is 57.4 Å². The lowest BCUT2D eigenvalue weighted by Crippen LogP contribution is -2.35. The number of para-hydroxylation sites is 1. The molecule has 3 rings (SSSR count). The van der Waals surface area contributed by atoms with E-state index in [4.69, 9.17) is 12.2 Å². The van der Waals surface area contributed by atoms with E-state index in [0.717, 1.165) is 31.5 Å². The fourth-order valence-electron chi connectivity index (χ4n) is 3.49. The van der Waals surface area contributed by atoms with Gasteiger partial charge in [-0.1, -0.05) is 56.7 Å². The van der Waals surface area contributed by atoms with Crippen LogP contribution in [0.3, 0.4) is 0 Å². The minimum absolute atomic E-state index is 0.0502. The van der Waals surface area contributed by atoms with E-state index < -0.39 is 0 Å². The molecule has 22 heavy (non-hydrogen) atoms. The zero-order valence-corrected chi connectivity index (χ0v) is 13.9. The molecule has 0 spiro atoms. The van der Waals surface area contributed by atoms with Crippen molar-refractivity contribution in [3.05, 3.63) is 30.3 Å². The predicted octanol–water partition coefficient (Wildman–Crippen LogP) is 4.12. The number of nitrogens with zero attached hydrogens (tertiary/aromatic N) is 2. The van der Waals surface area contributed by atoms with E-state index in [2.05, 4.69) is 4.90 Å². The molecule has 0 saturated carbocycles. The first-order valence-electron chi connectivity index (χ1n) is 8.48. The van der Waals surface area contributed by atoms with Crippen LogP contribution in [0.2, 0.25) is 0 Å². The molecule has 2 fully saturated rings. The van der Waals surface area contributed by atoms with Crippen molar-refractivity contribution in [2.75, 3.05) is 11.4 Å². The number of carbonyl (C=O) groups excluding carboxylic acids is 1. The van der Waals surface area contributed by atoms with Crippen LogP contribution in [0.1, 0.15) is 51.4 Å². The summed E-state index contributed by atoms with van der Waals surface area (Å²) < 4.78 is 0. The zero-order valence-electron chi connectivity index (χ0n) is 13.0. The van der Waals surface area contributed by atoms with Crippen molar-refractivity contribution in [2.24, 2.45) is 0 Å². The first-order valence-corrected chi connectivity index (χ1v) is 8.89. The molecule has 1 aromatic carbocycles. The Morgan fingerprint density at radius 3 is 2.27 bits per heavy atom. The molecule has 1 aromatic rings. The summed E-state index contributed by atoms with van der Waals surface area (Å²) in [7, 11) is 0. The topological polar surface area (TPSA) is 23.6 Å². The van der Waals surface area contributed by atoms with Crippen LogP contribution in [0, 0.1) is 0 Å². The van der Waals surface area contributed by atoms with Gasteiger partial charge in [0.25, 0.3) is 5.91 Å². The van der Waals surface area contributed by atoms with Crippen LogP contribution < -0.4 is 4.90 Å². The summed E-state index contributed by atoms with van der Waals surface area (Å²) in [4.78, 5) is 16.8. The van der Waals surface area contributed by atoms with Crippen molar-refractivity contribution in [1.82, 2.24) is 4.90 Å². The summed E-state index contributed by atoms with van der Waals surface area (Å²) in [5.74, 6) is 0.162. The molecule has 3 nitrogen and oxygen atoms in total. The van der Waals surface area contributed by atoms with E-state index in [0.29, 0.717) is 5.11 Å². The molecule has 118 valence electrons. The molecule has 0 N–H and O–H groups in total. The van der Waals surface area contributed by atoms with E-state index in [9.17, 15) is 4.79 Å². The molecule has 0 bridgehead atoms. The monoisotopic (exact) mass is 316 g/mol. The average molecular weight is 316 g/mol. The maximum atomic E-state index is 12.9. The molecule has 1 atom stereocenters. The normalized spacial score (nSPS) is 24.1. The molecule has 0 aliphatic carbocycles. The van der Waals surface area contributed by atoms with Gasteiger partial charge in [0.15, 0.2) is 5.11 Å². The Kier molecular flexibility index (Phi) is 5.08. The van der Waals surface area contributed by atoms with Gasteiger partial charge in [0.05, 0.1) is 5.69 Å². The highest BCUT2D eigenvalue weighted by Gasteiger charge is 2.42. The molecule has 2 saturated heterocycles. The molecular formula is C18H24N2OS. The Morgan fingerprint density at radius 1 is 0.909 bits per heavy atom. The maximum absolute atomic E-state index is 12.9. The predicted molar refractivity (Wildman–Crippen MR) is 94.0 cm³/mol. The number of fused-ring (bicyclic) bond motifs is 1. The summed E-state index contributed by atoms with van der Waals surface area (Å²) in [5, 5.41) is 0.695. The smallest absolute Gasteiger partial charge is 0.256 e. The standard InChI is InChI=1S/C18H24N2OS/c21-17-16-13-9-4-2-1-3-5-10-14-19(16)18(22)20(17)15-11-7-6-8-12-15/h6-8,11-12,16H,1-5,9-10,13-14H2/t16-/m1/s1. The Labute approximate surface area is 138 Å². The molecule has 1 amide bonds. The summed E-state index contributed by atoms with van der Waals surface area (Å²) >= 11 is 5.64. The van der Waals surface area contributed by atoms with Crippen LogP contribution >= 0.6 is 12.2 Å². The van der Waals surface area contributed by atoms with Crippen LogP contribution in [0.4, 0.5) is 5.69 Å². The van der Waals surface area contributed by atoms with Crippen molar-refractivity contribution in [3.8, 4) is 0 Å². The van der Waals surface area contributed by atoms with Crippen molar-refractivity contribution < 1.29 is 4.79 Å². The third-order valence-electron chi connectivity index (χ3n) is 4.71. The highest BCUT2D eigenvalue weighted by molar-refractivity contribution is 7.80. The van der Waals surface area contributed by atoms with Gasteiger partial charge in [-0.3, -0.25) is 9.69 Å². The largest absolute Gasteiger partial charge is 0.336 e. The summed E-state index contributed by atoms with van der Waals surface area (Å²) in [6, 6.07) is 9.77. The Bertz CT molecular complexity index is 503. The van der Waals surface area contributed by atoms with Crippen molar-refractivity contribution in [1.29, 1.82) is 0 Å². The van der Waals surface area contributed by atoms with Gasteiger partial charge >= 0.3 is 0 Å². The number of hydrogen-bond acceptors (Lipinski definition) is 2. The second-order valence-corrected chi connectivity index (χ2v) is 6.63. The number of thiocarbonyl (C=S) groups is 1. The average Bonchev–Trinajstić information content (AvgIpc) is 2.75. The van der Waals surface area contributed by atoms with Gasteiger partial charge < -0.3 is 4.90 Å². The van der Waals surface area contributed by atoms with Gasteiger partial charge in [0, 0.05) is 6.54 Å². The van der Waals surface area contributed by atoms with Crippen LogP contribution in [0.5, 0.6) is 0 Å². The highest BCUT2D eigenvalue weighted by atomic mass is 32.1. The van der Waals surface area contributed by atoms with Crippen LogP contribution in [0.15, 0.2) is 30.3 Å². The molecule has 2 heterocycles. The minimum atomic E-state index is -0.0502. The van der Waals surface area contributed by atoms with E-state index in [-0.39, 0.29) is 11.9 Å². The fraction of sp³-hybridized carbons (Fsp3) is 0.556. The third kappa shape index (κ3) is 3.17. The quantitative estimate of drug-likeness (QED) is 0.728. The van der Waals surface area contributed by atoms with E-state index in [1.807, 2.05) is 30.3 Å². The SMILES string of the molecule is O=C1[C@H]2CCCCCCCCCN2C(=S)N1c1ccccc1. The van der Waals surface area contributed by atoms with Crippen molar-refractivity contribution >= 4 is 28.9 Å². The van der Waals surface area contributed by atoms with E-state index in [1.54, 1.807) is 4.90 Å². The Balaban J connectivity index is 1.82. The van der Waals surface area contributed by atoms with E-state index in [1.165, 1.54) is 32.1 Å². The molecule has 2 aliphatic heterocycles. The number of hydrogen-bond donors (Lipinski definition) is 0. The van der Waals surface area contributed by atoms with Gasteiger partial charge in [-0.25, -0.2) is 0 Å². The van der Waals surface area contributed by atoms with Gasteiger partial charge in [-0.2, -0.15) is 0 Å². The van der Waals surface area contributed by atoms with E-state index >= 15 is 0 Å². The minimum Gasteiger partial charge on any atom is -0.336 e. The van der Waals surface area contributed by atoms with Gasteiger partial charge in [-0.05, 0) is 37.2 Å². The number of carbonyl (C=O) groups is 1. The summed E-state index contributed by atoms with van der Waals surface area (Å²) in [6.45, 7) is 0.915. The molecule has 4 heteroatoms. The first-order chi connectivity index (χ1) is 10.8. The number of amides is 1. The van der Waals surface area contributed by atoms with Crippen molar-refractivity contribution in [3.63, 3.8) is 0 Å². The lowest BCUT2D eigenvalue weighted by Gasteiger charge is -2.23. The molecule has 0 unspecified atom stereocenters. The van der Waals surface area contributed by atoms with Crippen LogP contribution in [-0.2, 0) is 4.79 Å². The Hall–Kier alpha value is -1.42. The van der Waals surface area contributed by atoms with Gasteiger partial charge in [-0.15, -0.1) is 0 Å². The summed E-state index contributed by atoms with van der Waals surface area (Å²) in [6.07, 6.45) is 9.60. The molecule has 2 aliphatic rings. The molecule has 0 aromatic heterocycles. The number of rotatable bonds is 1. The fourth-order valence-corrected chi connectivity index (χ4v) is 3.90. The number of benzene rings is 1. The van der Waals surface area contributed by atoms with Gasteiger partial charge in [0.1, 0.15) is 6.04 Å². The van der Waals surface area contributed by atoms with Crippen LogP contribution in [0.25, 0.3) is 0 Å². The second kappa shape index (κ2) is 7.23. The van der Waals surface area contributed by atoms with Crippen LogP contribution in [-0.4, -0.2) is 28.5 Å². The zero-order chi connectivity index (χ0) is 15.4. The maximum Gasteiger partial charge on any atom is 0.256 e. The number of anilines is 1. The highest BCUT2D eigenvalue weighted by Crippen LogP contribution is 2.29. The Morgan fingerprint density at radius 2 is 1.55 bits per heavy atom. The molecular weight excluding hydrogens is 292 g/mol. The van der Waals surface area contributed by atoms with Gasteiger partial charge in [0.2, 0.25) is 0 Å². The second-order valence-electron chi connectivity index (χ2n) is 6.26. The lowest BCUT2D eigenvalue weighted by molar-refractivity contribution is -0.119. The first kappa shape index (κ1) is 15.5. The summed E-state index contributed by atoms with van der Waals surface area (Å²) in [5.41, 5.74) is 0.900. The lowest BCUT2D eigenvalue weighted by atomic mass is 10.1. The molecule has 0 radical (unpaired) electrons. The third-order valence-corrected chi connectivity index (χ3v) is 5.13.